The fourth-order valence-corrected chi connectivity index (χ4v) is 1.07. The molecule has 0 spiro atoms. The molecule has 0 aromatic carbocycles. The number of carbonyl (C=O) groups excluding carboxylic acids is 2. The lowest BCUT2D eigenvalue weighted by Gasteiger charge is -2.14. The molecule has 12 heavy (non-hydrogen) atoms. The molecule has 2 unspecified atom stereocenters. The highest BCUT2D eigenvalue weighted by Gasteiger charge is 2.13. The van der Waals surface area contributed by atoms with E-state index in [9.17, 15) is 9.59 Å². The molecule has 0 aliphatic heterocycles. The highest BCUT2D eigenvalue weighted by Crippen LogP contribution is 2.04. The first-order chi connectivity index (χ1) is 5.61. The maximum Gasteiger partial charge on any atom is 0.222 e. The Morgan fingerprint density at radius 2 is 2.08 bits per heavy atom. The Labute approximate surface area is 72.7 Å². The number of rotatable bonds is 5. The van der Waals surface area contributed by atoms with Crippen molar-refractivity contribution in [2.24, 2.45) is 5.92 Å². The Kier molecular flexibility index (Phi) is 5.08. The van der Waals surface area contributed by atoms with Crippen molar-refractivity contribution < 1.29 is 9.59 Å². The van der Waals surface area contributed by atoms with Gasteiger partial charge in [-0.1, -0.05) is 6.92 Å². The summed E-state index contributed by atoms with van der Waals surface area (Å²) in [5.74, 6) is -0.0491. The van der Waals surface area contributed by atoms with Gasteiger partial charge in [0, 0.05) is 19.0 Å². The van der Waals surface area contributed by atoms with Crippen LogP contribution in [0.4, 0.5) is 0 Å². The Bertz CT molecular complexity index is 159. The van der Waals surface area contributed by atoms with Gasteiger partial charge in [-0.05, 0) is 13.3 Å². The normalized spacial score (nSPS) is 14.6. The maximum atomic E-state index is 11.0. The van der Waals surface area contributed by atoms with Gasteiger partial charge in [-0.3, -0.25) is 9.59 Å². The molecule has 0 fully saturated rings. The molecule has 0 saturated heterocycles. The van der Waals surface area contributed by atoms with E-state index in [0.717, 1.165) is 0 Å². The van der Waals surface area contributed by atoms with Crippen LogP contribution in [0.2, 0.25) is 0 Å². The van der Waals surface area contributed by atoms with Gasteiger partial charge in [0.15, 0.2) is 0 Å². The van der Waals surface area contributed by atoms with Crippen molar-refractivity contribution in [3.8, 4) is 0 Å². The number of nitrogens with one attached hydrogen (secondary N) is 2. The van der Waals surface area contributed by atoms with Crippen LogP contribution in [0.25, 0.3) is 0 Å². The fourth-order valence-electron chi connectivity index (χ4n) is 1.07. The smallest absolute Gasteiger partial charge is 0.222 e. The first-order valence-corrected chi connectivity index (χ1v) is 4.03. The van der Waals surface area contributed by atoms with Crippen LogP contribution in [-0.4, -0.2) is 25.4 Å². The fraction of sp³-hybridized carbons (Fsp3) is 0.750. The van der Waals surface area contributed by atoms with Gasteiger partial charge in [0.1, 0.15) is 0 Å². The van der Waals surface area contributed by atoms with E-state index in [2.05, 4.69) is 10.6 Å². The third-order valence-corrected chi connectivity index (χ3v) is 1.75. The number of hydrogen-bond acceptors (Lipinski definition) is 2. The van der Waals surface area contributed by atoms with Crippen molar-refractivity contribution in [2.75, 3.05) is 7.05 Å². The molecule has 0 aromatic rings. The van der Waals surface area contributed by atoms with Crippen LogP contribution in [0.1, 0.15) is 20.3 Å². The number of amides is 2. The number of hydrogen-bond donors (Lipinski definition) is 2. The minimum absolute atomic E-state index is 0.00884. The molecule has 0 aliphatic rings. The third-order valence-electron chi connectivity index (χ3n) is 1.75. The summed E-state index contributed by atoms with van der Waals surface area (Å²) in [6.07, 6.45) is 1.32. The highest BCUT2D eigenvalue weighted by molar-refractivity contribution is 5.77. The van der Waals surface area contributed by atoms with E-state index < -0.39 is 0 Å². The van der Waals surface area contributed by atoms with E-state index in [4.69, 9.17) is 0 Å². The summed E-state index contributed by atoms with van der Waals surface area (Å²) in [6, 6.07) is 0.0507. The zero-order valence-electron chi connectivity index (χ0n) is 7.76. The number of carbonyl (C=O) groups is 2. The molecule has 2 N–H and O–H groups in total. The molecular weight excluding hydrogens is 156 g/mol. The van der Waals surface area contributed by atoms with Crippen molar-refractivity contribution in [2.45, 2.75) is 26.3 Å². The second-order valence-corrected chi connectivity index (χ2v) is 2.94. The summed E-state index contributed by atoms with van der Waals surface area (Å²) in [7, 11) is 1.61. The van der Waals surface area contributed by atoms with Gasteiger partial charge >= 0.3 is 0 Å². The summed E-state index contributed by atoms with van der Waals surface area (Å²) < 4.78 is 0. The lowest BCUT2D eigenvalue weighted by Crippen LogP contribution is -2.32. The van der Waals surface area contributed by atoms with Crippen molar-refractivity contribution in [3.05, 3.63) is 0 Å². The molecule has 4 nitrogen and oxygen atoms in total. The zero-order chi connectivity index (χ0) is 9.56. The van der Waals surface area contributed by atoms with E-state index in [0.29, 0.717) is 12.8 Å². The summed E-state index contributed by atoms with van der Waals surface area (Å²) >= 11 is 0. The average molecular weight is 172 g/mol. The maximum absolute atomic E-state index is 11.0. The largest absolute Gasteiger partial charge is 0.359 e. The molecule has 70 valence electrons. The van der Waals surface area contributed by atoms with Crippen molar-refractivity contribution in [3.63, 3.8) is 0 Å². The van der Waals surface area contributed by atoms with Crippen LogP contribution in [0.3, 0.4) is 0 Å². The molecule has 2 amide bonds. The predicted octanol–water partition coefficient (Wildman–Crippen LogP) is -0.107. The highest BCUT2D eigenvalue weighted by atomic mass is 16.1. The molecule has 0 aromatic heterocycles. The Morgan fingerprint density at radius 3 is 2.50 bits per heavy atom. The van der Waals surface area contributed by atoms with Crippen LogP contribution < -0.4 is 10.6 Å². The molecule has 0 bridgehead atoms. The lowest BCUT2D eigenvalue weighted by molar-refractivity contribution is -0.124. The molecule has 0 radical (unpaired) electrons. The lowest BCUT2D eigenvalue weighted by atomic mass is 10.0. The van der Waals surface area contributed by atoms with Gasteiger partial charge in [0.25, 0.3) is 0 Å². The molecule has 2 atom stereocenters. The standard InChI is InChI=1S/C8H16N2O2/c1-6(8(12)9-3)4-7(2)10-5-11/h5-7H,4H2,1-3H3,(H,9,12)(H,10,11). The zero-order valence-corrected chi connectivity index (χ0v) is 7.76. The van der Waals surface area contributed by atoms with Crippen LogP contribution in [-0.2, 0) is 9.59 Å². The van der Waals surface area contributed by atoms with E-state index in [1.54, 1.807) is 7.05 Å². The van der Waals surface area contributed by atoms with Gasteiger partial charge < -0.3 is 10.6 Å². The first kappa shape index (κ1) is 10.9. The van der Waals surface area contributed by atoms with Crippen LogP contribution in [0.5, 0.6) is 0 Å². The Hall–Kier alpha value is -1.06. The van der Waals surface area contributed by atoms with Gasteiger partial charge in [-0.25, -0.2) is 0 Å². The second-order valence-electron chi connectivity index (χ2n) is 2.94. The van der Waals surface area contributed by atoms with E-state index >= 15 is 0 Å². The second kappa shape index (κ2) is 5.57. The summed E-state index contributed by atoms with van der Waals surface area (Å²) in [4.78, 5) is 21.0. The topological polar surface area (TPSA) is 58.2 Å². The minimum atomic E-state index is -0.0579. The van der Waals surface area contributed by atoms with E-state index in [-0.39, 0.29) is 17.9 Å². The summed E-state index contributed by atoms with van der Waals surface area (Å²) in [6.45, 7) is 3.70. The molecule has 0 heterocycles. The summed E-state index contributed by atoms with van der Waals surface area (Å²) in [5, 5.41) is 5.15. The predicted molar refractivity (Wildman–Crippen MR) is 46.5 cm³/mol. The van der Waals surface area contributed by atoms with E-state index in [1.165, 1.54) is 0 Å². The molecular formula is C8H16N2O2. The van der Waals surface area contributed by atoms with E-state index in [1.807, 2.05) is 13.8 Å². The Morgan fingerprint density at radius 1 is 1.50 bits per heavy atom. The third kappa shape index (κ3) is 3.95. The van der Waals surface area contributed by atoms with Crippen LogP contribution in [0, 0.1) is 5.92 Å². The van der Waals surface area contributed by atoms with Gasteiger partial charge in [-0.15, -0.1) is 0 Å². The quantitative estimate of drug-likeness (QED) is 0.569. The average Bonchev–Trinajstić information content (AvgIpc) is 2.03. The first-order valence-electron chi connectivity index (χ1n) is 4.03. The van der Waals surface area contributed by atoms with Crippen molar-refractivity contribution >= 4 is 12.3 Å². The molecule has 0 aliphatic carbocycles. The van der Waals surface area contributed by atoms with Crippen LogP contribution >= 0.6 is 0 Å². The molecule has 0 rings (SSSR count). The molecule has 4 heteroatoms. The SMILES string of the molecule is CNC(=O)C(C)CC(C)NC=O. The van der Waals surface area contributed by atoms with Gasteiger partial charge in [0.2, 0.25) is 12.3 Å². The minimum Gasteiger partial charge on any atom is -0.359 e. The summed E-state index contributed by atoms with van der Waals surface area (Å²) in [5.41, 5.74) is 0. The van der Waals surface area contributed by atoms with Gasteiger partial charge in [-0.2, -0.15) is 0 Å². The Balaban J connectivity index is 3.74. The molecule has 0 saturated carbocycles. The van der Waals surface area contributed by atoms with Gasteiger partial charge in [0.05, 0.1) is 0 Å². The van der Waals surface area contributed by atoms with Crippen molar-refractivity contribution in [1.29, 1.82) is 0 Å². The van der Waals surface area contributed by atoms with Crippen molar-refractivity contribution in [1.82, 2.24) is 10.6 Å². The van der Waals surface area contributed by atoms with Crippen LogP contribution in [0.15, 0.2) is 0 Å². The monoisotopic (exact) mass is 172 g/mol.